The van der Waals surface area contributed by atoms with Gasteiger partial charge in [0.05, 0.1) is 5.56 Å². The molecule has 5 nitrogen and oxygen atoms in total. The van der Waals surface area contributed by atoms with E-state index in [9.17, 15) is 22.8 Å². The maximum absolute atomic E-state index is 12.7. The van der Waals surface area contributed by atoms with Crippen LogP contribution in [0.1, 0.15) is 35.7 Å². The summed E-state index contributed by atoms with van der Waals surface area (Å²) in [6.45, 7) is 5.18. The Labute approximate surface area is 156 Å². The summed E-state index contributed by atoms with van der Waals surface area (Å²) in [5.74, 6) is -0.238. The average Bonchev–Trinajstić information content (AvgIpc) is 2.67. The molecule has 2 amide bonds. The van der Waals surface area contributed by atoms with E-state index in [2.05, 4.69) is 5.32 Å². The SMILES string of the molecule is C[C@@H]1CNCCN1C(=O)C1CCN(C(=O)c2ccc(C(F)(F)F)cc2)CC1. The molecule has 1 atom stereocenters. The van der Waals surface area contributed by atoms with Crippen LogP contribution in [0, 0.1) is 5.92 Å². The van der Waals surface area contributed by atoms with E-state index in [-0.39, 0.29) is 29.3 Å². The Morgan fingerprint density at radius 2 is 1.70 bits per heavy atom. The van der Waals surface area contributed by atoms with E-state index in [0.717, 1.165) is 25.2 Å². The minimum Gasteiger partial charge on any atom is -0.339 e. The number of carbonyl (C=O) groups is 2. The Kier molecular flexibility index (Phi) is 5.74. The molecule has 3 rings (SSSR count). The van der Waals surface area contributed by atoms with Crippen molar-refractivity contribution in [3.63, 3.8) is 0 Å². The lowest BCUT2D eigenvalue weighted by molar-refractivity contribution is -0.140. The molecule has 148 valence electrons. The topological polar surface area (TPSA) is 52.7 Å². The van der Waals surface area contributed by atoms with E-state index < -0.39 is 11.7 Å². The summed E-state index contributed by atoms with van der Waals surface area (Å²) in [6, 6.07) is 4.44. The van der Waals surface area contributed by atoms with Crippen molar-refractivity contribution in [2.45, 2.75) is 32.0 Å². The molecule has 2 heterocycles. The number of piperidine rings is 1. The highest BCUT2D eigenvalue weighted by molar-refractivity contribution is 5.94. The summed E-state index contributed by atoms with van der Waals surface area (Å²) in [6.07, 6.45) is -3.24. The third-order valence-electron chi connectivity index (χ3n) is 5.37. The van der Waals surface area contributed by atoms with E-state index in [1.54, 1.807) is 4.90 Å². The molecule has 0 radical (unpaired) electrons. The summed E-state index contributed by atoms with van der Waals surface area (Å²) < 4.78 is 37.9. The van der Waals surface area contributed by atoms with Crippen molar-refractivity contribution < 1.29 is 22.8 Å². The first-order valence-electron chi connectivity index (χ1n) is 9.25. The molecule has 0 spiro atoms. The van der Waals surface area contributed by atoms with Crippen LogP contribution in [0.3, 0.4) is 0 Å². The molecule has 8 heteroatoms. The van der Waals surface area contributed by atoms with Gasteiger partial charge in [0.15, 0.2) is 0 Å². The smallest absolute Gasteiger partial charge is 0.339 e. The Hall–Kier alpha value is -2.09. The summed E-state index contributed by atoms with van der Waals surface area (Å²) in [5.41, 5.74) is -0.531. The number of nitrogens with one attached hydrogen (secondary N) is 1. The predicted molar refractivity (Wildman–Crippen MR) is 94.1 cm³/mol. The van der Waals surface area contributed by atoms with Gasteiger partial charge in [-0.3, -0.25) is 9.59 Å². The van der Waals surface area contributed by atoms with Crippen LogP contribution >= 0.6 is 0 Å². The summed E-state index contributed by atoms with van der Waals surface area (Å²) in [7, 11) is 0. The van der Waals surface area contributed by atoms with Crippen LogP contribution in [-0.2, 0) is 11.0 Å². The average molecular weight is 383 g/mol. The maximum Gasteiger partial charge on any atom is 0.416 e. The van der Waals surface area contributed by atoms with E-state index in [1.165, 1.54) is 12.1 Å². The van der Waals surface area contributed by atoms with Gasteiger partial charge >= 0.3 is 6.18 Å². The van der Waals surface area contributed by atoms with Crippen LogP contribution in [0.5, 0.6) is 0 Å². The van der Waals surface area contributed by atoms with Crippen LogP contribution in [0.25, 0.3) is 0 Å². The molecule has 2 fully saturated rings. The second kappa shape index (κ2) is 7.88. The number of nitrogens with zero attached hydrogens (tertiary/aromatic N) is 2. The first kappa shape index (κ1) is 19.7. The van der Waals surface area contributed by atoms with Crippen LogP contribution in [-0.4, -0.2) is 60.4 Å². The molecule has 2 saturated heterocycles. The molecule has 0 aromatic heterocycles. The van der Waals surface area contributed by atoms with Gasteiger partial charge in [0.2, 0.25) is 5.91 Å². The fourth-order valence-corrected chi connectivity index (χ4v) is 3.72. The summed E-state index contributed by atoms with van der Waals surface area (Å²) in [5, 5.41) is 3.26. The van der Waals surface area contributed by atoms with Crippen molar-refractivity contribution in [3.05, 3.63) is 35.4 Å². The number of amides is 2. The number of rotatable bonds is 2. The number of alkyl halides is 3. The lowest BCUT2D eigenvalue weighted by Gasteiger charge is -2.39. The zero-order chi connectivity index (χ0) is 19.6. The predicted octanol–water partition coefficient (Wildman–Crippen LogP) is 2.38. The first-order chi connectivity index (χ1) is 12.8. The highest BCUT2D eigenvalue weighted by Crippen LogP contribution is 2.29. The number of likely N-dealkylation sites (tertiary alicyclic amines) is 1. The van der Waals surface area contributed by atoms with E-state index in [1.807, 2.05) is 11.8 Å². The molecule has 27 heavy (non-hydrogen) atoms. The normalized spacial score (nSPS) is 22.0. The minimum atomic E-state index is -4.42. The quantitative estimate of drug-likeness (QED) is 0.853. The Morgan fingerprint density at radius 3 is 2.26 bits per heavy atom. The summed E-state index contributed by atoms with van der Waals surface area (Å²) in [4.78, 5) is 28.8. The van der Waals surface area contributed by atoms with Gasteiger partial charge < -0.3 is 15.1 Å². The molecule has 1 aromatic carbocycles. The van der Waals surface area contributed by atoms with Gasteiger partial charge in [-0.25, -0.2) is 0 Å². The van der Waals surface area contributed by atoms with Gasteiger partial charge in [-0.1, -0.05) is 0 Å². The first-order valence-corrected chi connectivity index (χ1v) is 9.25. The Morgan fingerprint density at radius 1 is 1.07 bits per heavy atom. The van der Waals surface area contributed by atoms with Crippen molar-refractivity contribution in [1.82, 2.24) is 15.1 Å². The van der Waals surface area contributed by atoms with Crippen molar-refractivity contribution in [3.8, 4) is 0 Å². The van der Waals surface area contributed by atoms with E-state index in [4.69, 9.17) is 0 Å². The summed E-state index contributed by atoms with van der Waals surface area (Å²) >= 11 is 0. The van der Waals surface area contributed by atoms with Gasteiger partial charge in [0.1, 0.15) is 0 Å². The Bertz CT molecular complexity index is 682. The zero-order valence-corrected chi connectivity index (χ0v) is 15.3. The van der Waals surface area contributed by atoms with Gasteiger partial charge in [0, 0.05) is 50.2 Å². The molecular weight excluding hydrogens is 359 g/mol. The van der Waals surface area contributed by atoms with Crippen LogP contribution in [0.2, 0.25) is 0 Å². The second-order valence-corrected chi connectivity index (χ2v) is 7.23. The lowest BCUT2D eigenvalue weighted by Crippen LogP contribution is -2.55. The van der Waals surface area contributed by atoms with Gasteiger partial charge in [0.25, 0.3) is 5.91 Å². The van der Waals surface area contributed by atoms with E-state index >= 15 is 0 Å². The second-order valence-electron chi connectivity index (χ2n) is 7.23. The van der Waals surface area contributed by atoms with Crippen molar-refractivity contribution in [1.29, 1.82) is 0 Å². The van der Waals surface area contributed by atoms with Crippen molar-refractivity contribution in [2.75, 3.05) is 32.7 Å². The minimum absolute atomic E-state index is 0.0952. The molecule has 0 saturated carbocycles. The highest BCUT2D eigenvalue weighted by atomic mass is 19.4. The Balaban J connectivity index is 1.57. The third-order valence-corrected chi connectivity index (χ3v) is 5.37. The van der Waals surface area contributed by atoms with Gasteiger partial charge in [-0.15, -0.1) is 0 Å². The maximum atomic E-state index is 12.7. The lowest BCUT2D eigenvalue weighted by atomic mass is 9.94. The molecule has 1 N–H and O–H groups in total. The standard InChI is InChI=1S/C19H24F3N3O2/c1-13-12-23-8-11-25(13)18(27)15-6-9-24(10-7-15)17(26)14-2-4-16(5-3-14)19(20,21)22/h2-5,13,15,23H,6-12H2,1H3/t13-/m1/s1. The molecule has 2 aliphatic rings. The number of piperazine rings is 1. The molecule has 0 aliphatic carbocycles. The van der Waals surface area contributed by atoms with Gasteiger partial charge in [-0.05, 0) is 44.0 Å². The van der Waals surface area contributed by atoms with Crippen molar-refractivity contribution in [2.24, 2.45) is 5.92 Å². The monoisotopic (exact) mass is 383 g/mol. The molecular formula is C19H24F3N3O2. The molecule has 0 unspecified atom stereocenters. The number of carbonyl (C=O) groups excluding carboxylic acids is 2. The van der Waals surface area contributed by atoms with Crippen LogP contribution in [0.4, 0.5) is 13.2 Å². The molecule has 0 bridgehead atoms. The molecule has 1 aromatic rings. The number of hydrogen-bond donors (Lipinski definition) is 1. The number of hydrogen-bond acceptors (Lipinski definition) is 3. The van der Waals surface area contributed by atoms with E-state index in [0.29, 0.717) is 32.5 Å². The number of benzene rings is 1. The fraction of sp³-hybridized carbons (Fsp3) is 0.579. The highest BCUT2D eigenvalue weighted by Gasteiger charge is 2.34. The third kappa shape index (κ3) is 4.43. The number of halogens is 3. The van der Waals surface area contributed by atoms with Crippen LogP contribution in [0.15, 0.2) is 24.3 Å². The fourth-order valence-electron chi connectivity index (χ4n) is 3.72. The zero-order valence-electron chi connectivity index (χ0n) is 15.3. The van der Waals surface area contributed by atoms with Crippen molar-refractivity contribution >= 4 is 11.8 Å². The van der Waals surface area contributed by atoms with Crippen LogP contribution < -0.4 is 5.32 Å². The van der Waals surface area contributed by atoms with Gasteiger partial charge in [-0.2, -0.15) is 13.2 Å². The molecule has 2 aliphatic heterocycles. The largest absolute Gasteiger partial charge is 0.416 e.